The van der Waals surface area contributed by atoms with E-state index in [0.29, 0.717) is 26.2 Å². The summed E-state index contributed by atoms with van der Waals surface area (Å²) in [6.07, 6.45) is 4.87. The van der Waals surface area contributed by atoms with Gasteiger partial charge in [-0.15, -0.1) is 0 Å². The summed E-state index contributed by atoms with van der Waals surface area (Å²) in [6.45, 7) is 3.07. The van der Waals surface area contributed by atoms with Crippen molar-refractivity contribution in [2.24, 2.45) is 7.05 Å². The topological polar surface area (TPSA) is 86.5 Å². The van der Waals surface area contributed by atoms with Gasteiger partial charge >= 0.3 is 0 Å². The number of pyridine rings is 2. The SMILES string of the molecule is COCc1cc(-c2cn(C)c3cnc(CC(C)=O)cc23)nc([C@]2(CO)CCOC2)c1. The molecular weight excluding hydrogens is 382 g/mol. The third-order valence-electron chi connectivity index (χ3n) is 5.78. The largest absolute Gasteiger partial charge is 0.395 e. The van der Waals surface area contributed by atoms with E-state index in [1.165, 1.54) is 0 Å². The smallest absolute Gasteiger partial charge is 0.135 e. The van der Waals surface area contributed by atoms with E-state index >= 15 is 0 Å². The van der Waals surface area contributed by atoms with Crippen molar-refractivity contribution in [3.05, 3.63) is 47.5 Å². The first-order valence-corrected chi connectivity index (χ1v) is 10.1. The average Bonchev–Trinajstić information content (AvgIpc) is 3.33. The van der Waals surface area contributed by atoms with Crippen LogP contribution in [0.2, 0.25) is 0 Å². The number of carbonyl (C=O) groups is 1. The first-order valence-electron chi connectivity index (χ1n) is 10.1. The average molecular weight is 409 g/mol. The molecule has 7 nitrogen and oxygen atoms in total. The van der Waals surface area contributed by atoms with Crippen LogP contribution in [0.15, 0.2) is 30.6 Å². The first-order chi connectivity index (χ1) is 14.5. The van der Waals surface area contributed by atoms with Crippen molar-refractivity contribution in [2.75, 3.05) is 26.9 Å². The molecule has 158 valence electrons. The molecule has 3 aromatic heterocycles. The van der Waals surface area contributed by atoms with Crippen LogP contribution in [0.5, 0.6) is 0 Å². The molecule has 30 heavy (non-hydrogen) atoms. The van der Waals surface area contributed by atoms with E-state index in [-0.39, 0.29) is 12.4 Å². The van der Waals surface area contributed by atoms with Gasteiger partial charge in [-0.1, -0.05) is 0 Å². The molecule has 0 aromatic carbocycles. The van der Waals surface area contributed by atoms with Gasteiger partial charge in [0, 0.05) is 50.0 Å². The monoisotopic (exact) mass is 409 g/mol. The number of hydrogen-bond donors (Lipinski definition) is 1. The van der Waals surface area contributed by atoms with Gasteiger partial charge in [0.2, 0.25) is 0 Å². The summed E-state index contributed by atoms with van der Waals surface area (Å²) in [6, 6.07) is 6.00. The molecule has 4 heterocycles. The number of hydrogen-bond acceptors (Lipinski definition) is 6. The second-order valence-electron chi connectivity index (χ2n) is 8.15. The summed E-state index contributed by atoms with van der Waals surface area (Å²) in [4.78, 5) is 21.0. The second-order valence-corrected chi connectivity index (χ2v) is 8.15. The van der Waals surface area contributed by atoms with Gasteiger partial charge in [-0.3, -0.25) is 14.8 Å². The van der Waals surface area contributed by atoms with Gasteiger partial charge < -0.3 is 19.1 Å². The van der Waals surface area contributed by atoms with Crippen LogP contribution in [0.3, 0.4) is 0 Å². The standard InChI is InChI=1S/C23H27N3O4/c1-15(28)6-17-9-18-19(11-26(2)21(18)10-24-17)20-7-16(12-29-3)8-22(25-20)23(13-27)4-5-30-14-23/h7-11,27H,4-6,12-14H2,1-3H3/t23-/m0/s1. The maximum atomic E-state index is 11.6. The molecule has 1 N–H and O–H groups in total. The molecule has 0 amide bonds. The van der Waals surface area contributed by atoms with Crippen molar-refractivity contribution in [3.63, 3.8) is 0 Å². The van der Waals surface area contributed by atoms with Crippen LogP contribution < -0.4 is 0 Å². The summed E-state index contributed by atoms with van der Waals surface area (Å²) >= 11 is 0. The fourth-order valence-corrected chi connectivity index (χ4v) is 4.14. The Morgan fingerprint density at radius 2 is 2.20 bits per heavy atom. The molecule has 0 spiro atoms. The number of carbonyl (C=O) groups excluding carboxylic acids is 1. The van der Waals surface area contributed by atoms with Crippen LogP contribution in [0.25, 0.3) is 22.2 Å². The Labute approximate surface area is 175 Å². The molecule has 4 rings (SSSR count). The number of methoxy groups -OCH3 is 1. The highest BCUT2D eigenvalue weighted by molar-refractivity contribution is 5.95. The van der Waals surface area contributed by atoms with Crippen LogP contribution >= 0.6 is 0 Å². The Balaban J connectivity index is 1.89. The molecule has 1 fully saturated rings. The Morgan fingerprint density at radius 1 is 1.37 bits per heavy atom. The minimum Gasteiger partial charge on any atom is -0.395 e. The molecule has 1 aliphatic rings. The van der Waals surface area contributed by atoms with Crippen molar-refractivity contribution >= 4 is 16.7 Å². The highest BCUT2D eigenvalue weighted by Gasteiger charge is 2.38. The van der Waals surface area contributed by atoms with Crippen molar-refractivity contribution < 1.29 is 19.4 Å². The van der Waals surface area contributed by atoms with Crippen LogP contribution in [0, 0.1) is 0 Å². The van der Waals surface area contributed by atoms with E-state index in [9.17, 15) is 9.90 Å². The molecule has 1 aliphatic heterocycles. The van der Waals surface area contributed by atoms with Gasteiger partial charge in [0.05, 0.1) is 48.3 Å². The summed E-state index contributed by atoms with van der Waals surface area (Å²) in [5, 5.41) is 11.2. The number of ketones is 1. The van der Waals surface area contributed by atoms with Gasteiger partial charge in [0.25, 0.3) is 0 Å². The van der Waals surface area contributed by atoms with Gasteiger partial charge in [-0.05, 0) is 37.1 Å². The molecule has 0 bridgehead atoms. The predicted molar refractivity (Wildman–Crippen MR) is 113 cm³/mol. The summed E-state index contributed by atoms with van der Waals surface area (Å²) in [5.41, 5.74) is 4.81. The summed E-state index contributed by atoms with van der Waals surface area (Å²) < 4.78 is 13.0. The molecule has 1 atom stereocenters. The van der Waals surface area contributed by atoms with E-state index < -0.39 is 5.41 Å². The highest BCUT2D eigenvalue weighted by atomic mass is 16.5. The Kier molecular flexibility index (Phi) is 5.69. The number of aryl methyl sites for hydroxylation is 1. The zero-order valence-electron chi connectivity index (χ0n) is 17.6. The molecule has 7 heteroatoms. The fraction of sp³-hybridized carbons (Fsp3) is 0.435. The van der Waals surface area contributed by atoms with Crippen molar-refractivity contribution in [1.82, 2.24) is 14.5 Å². The molecule has 0 unspecified atom stereocenters. The van der Waals surface area contributed by atoms with E-state index in [4.69, 9.17) is 14.5 Å². The third-order valence-corrected chi connectivity index (χ3v) is 5.78. The fourth-order valence-electron chi connectivity index (χ4n) is 4.14. The number of aliphatic hydroxyl groups excluding tert-OH is 1. The Bertz CT molecular complexity index is 1080. The van der Waals surface area contributed by atoms with Crippen LogP contribution in [0.4, 0.5) is 0 Å². The van der Waals surface area contributed by atoms with Crippen molar-refractivity contribution in [2.45, 2.75) is 31.8 Å². The quantitative estimate of drug-likeness (QED) is 0.645. The van der Waals surface area contributed by atoms with Gasteiger partial charge in [-0.2, -0.15) is 0 Å². The summed E-state index contributed by atoms with van der Waals surface area (Å²) in [5.74, 6) is 0.0768. The van der Waals surface area contributed by atoms with Gasteiger partial charge in [-0.25, -0.2) is 0 Å². The lowest BCUT2D eigenvalue weighted by Crippen LogP contribution is -2.32. The predicted octanol–water partition coefficient (Wildman–Crippen LogP) is 2.56. The zero-order chi connectivity index (χ0) is 21.3. The van der Waals surface area contributed by atoms with Gasteiger partial charge in [0.15, 0.2) is 0 Å². The Morgan fingerprint density at radius 3 is 2.87 bits per heavy atom. The third kappa shape index (κ3) is 3.76. The van der Waals surface area contributed by atoms with E-state index in [2.05, 4.69) is 4.98 Å². The molecule has 3 aromatic rings. The second kappa shape index (κ2) is 8.26. The molecule has 0 saturated carbocycles. The van der Waals surface area contributed by atoms with Crippen LogP contribution in [0.1, 0.15) is 30.3 Å². The van der Waals surface area contributed by atoms with E-state index in [1.54, 1.807) is 20.2 Å². The van der Waals surface area contributed by atoms with Crippen LogP contribution in [-0.4, -0.2) is 52.4 Å². The maximum absolute atomic E-state index is 11.6. The number of aliphatic hydroxyl groups is 1. The van der Waals surface area contributed by atoms with E-state index in [0.717, 1.165) is 45.5 Å². The number of ether oxygens (including phenoxy) is 2. The van der Waals surface area contributed by atoms with Crippen molar-refractivity contribution in [1.29, 1.82) is 0 Å². The number of nitrogens with zero attached hydrogens (tertiary/aromatic N) is 3. The molecule has 1 saturated heterocycles. The lowest BCUT2D eigenvalue weighted by atomic mass is 9.83. The van der Waals surface area contributed by atoms with Crippen molar-refractivity contribution in [3.8, 4) is 11.3 Å². The van der Waals surface area contributed by atoms with Gasteiger partial charge in [0.1, 0.15) is 5.78 Å². The maximum Gasteiger partial charge on any atom is 0.135 e. The summed E-state index contributed by atoms with van der Waals surface area (Å²) in [7, 11) is 3.63. The lowest BCUT2D eigenvalue weighted by Gasteiger charge is -2.25. The minimum atomic E-state index is -0.496. The number of rotatable bonds is 7. The number of Topliss-reactive ketones (excluding diaryl/α,β-unsaturated/α-hetero) is 1. The van der Waals surface area contributed by atoms with E-state index in [1.807, 2.05) is 36.0 Å². The first kappa shape index (κ1) is 20.7. The molecule has 0 radical (unpaired) electrons. The molecule has 0 aliphatic carbocycles. The Hall–Kier alpha value is -2.61. The highest BCUT2D eigenvalue weighted by Crippen LogP contribution is 2.36. The van der Waals surface area contributed by atoms with Crippen LogP contribution in [-0.2, 0) is 39.8 Å². The number of aromatic nitrogens is 3. The zero-order valence-corrected chi connectivity index (χ0v) is 17.6. The minimum absolute atomic E-state index is 0.0158. The normalized spacial score (nSPS) is 18.9. The lowest BCUT2D eigenvalue weighted by molar-refractivity contribution is -0.116. The molecular formula is C23H27N3O4. The number of fused-ring (bicyclic) bond motifs is 1.